The van der Waals surface area contributed by atoms with Gasteiger partial charge < -0.3 is 14.2 Å². The van der Waals surface area contributed by atoms with Gasteiger partial charge in [0, 0.05) is 20.1 Å². The minimum absolute atomic E-state index is 0.0408. The predicted molar refractivity (Wildman–Crippen MR) is 74.5 cm³/mol. The number of rotatable bonds is 9. The maximum absolute atomic E-state index is 12.2. The van der Waals surface area contributed by atoms with E-state index in [-0.39, 0.29) is 11.8 Å². The van der Waals surface area contributed by atoms with E-state index in [1.165, 1.54) is 0 Å². The van der Waals surface area contributed by atoms with E-state index < -0.39 is 5.41 Å². The summed E-state index contributed by atoms with van der Waals surface area (Å²) in [4.78, 5) is 24.4. The maximum Gasteiger partial charge on any atom is 0.319 e. The van der Waals surface area contributed by atoms with Crippen LogP contribution in [-0.4, -0.2) is 45.3 Å². The second-order valence-electron chi connectivity index (χ2n) is 5.14. The highest BCUT2D eigenvalue weighted by molar-refractivity contribution is 6.04. The number of Topliss-reactive ketones (excluding diaryl/α,β-unsaturated/α-hetero) is 1. The molecule has 1 unspecified atom stereocenters. The number of carbonyl (C=O) groups is 2. The number of hydrogen-bond acceptors (Lipinski definition) is 5. The quantitative estimate of drug-likeness (QED) is 0.369. The molecule has 1 aliphatic carbocycles. The summed E-state index contributed by atoms with van der Waals surface area (Å²) in [6.07, 6.45) is 4.11. The van der Waals surface area contributed by atoms with E-state index in [0.29, 0.717) is 52.1 Å². The fourth-order valence-corrected chi connectivity index (χ4v) is 2.66. The minimum atomic E-state index is -0.918. The Morgan fingerprint density at radius 2 is 2.05 bits per heavy atom. The number of esters is 1. The van der Waals surface area contributed by atoms with Crippen LogP contribution < -0.4 is 0 Å². The largest absolute Gasteiger partial charge is 0.465 e. The summed E-state index contributed by atoms with van der Waals surface area (Å²) in [6.45, 7) is 3.72. The van der Waals surface area contributed by atoms with Gasteiger partial charge >= 0.3 is 5.97 Å². The standard InChI is InChI=1S/C15H26O5/c1-3-20-14(17)15(8-5-4-7-13(15)16)9-6-10-19-12-11-18-2/h3-12H2,1-2H3. The lowest BCUT2D eigenvalue weighted by atomic mass is 9.70. The Bertz CT molecular complexity index is 315. The second-order valence-corrected chi connectivity index (χ2v) is 5.14. The third-order valence-electron chi connectivity index (χ3n) is 3.78. The summed E-state index contributed by atoms with van der Waals surface area (Å²) in [6, 6.07) is 0. The molecule has 0 heterocycles. The average Bonchev–Trinajstić information content (AvgIpc) is 2.45. The Balaban J connectivity index is 2.50. The summed E-state index contributed by atoms with van der Waals surface area (Å²) in [5, 5.41) is 0. The summed E-state index contributed by atoms with van der Waals surface area (Å²) in [5.74, 6) is -0.305. The van der Waals surface area contributed by atoms with Crippen molar-refractivity contribution in [3.63, 3.8) is 0 Å². The molecule has 5 nitrogen and oxygen atoms in total. The summed E-state index contributed by atoms with van der Waals surface area (Å²) in [7, 11) is 1.62. The molecule has 0 spiro atoms. The summed E-state index contributed by atoms with van der Waals surface area (Å²) >= 11 is 0. The van der Waals surface area contributed by atoms with E-state index in [1.54, 1.807) is 14.0 Å². The molecule has 0 N–H and O–H groups in total. The Morgan fingerprint density at radius 1 is 1.25 bits per heavy atom. The number of carbonyl (C=O) groups excluding carboxylic acids is 2. The van der Waals surface area contributed by atoms with E-state index in [0.717, 1.165) is 12.8 Å². The van der Waals surface area contributed by atoms with E-state index >= 15 is 0 Å². The highest BCUT2D eigenvalue weighted by Gasteiger charge is 2.47. The van der Waals surface area contributed by atoms with E-state index in [1.807, 2.05) is 0 Å². The Kier molecular flexibility index (Phi) is 7.77. The maximum atomic E-state index is 12.2. The van der Waals surface area contributed by atoms with E-state index in [9.17, 15) is 9.59 Å². The van der Waals surface area contributed by atoms with Crippen LogP contribution in [0, 0.1) is 5.41 Å². The number of methoxy groups -OCH3 is 1. The second kappa shape index (κ2) is 9.08. The molecule has 1 fully saturated rings. The first kappa shape index (κ1) is 17.1. The first-order valence-electron chi connectivity index (χ1n) is 7.44. The predicted octanol–water partition coefficient (Wildman–Crippen LogP) is 2.12. The molecule has 0 aliphatic heterocycles. The van der Waals surface area contributed by atoms with Gasteiger partial charge in [-0.2, -0.15) is 0 Å². The van der Waals surface area contributed by atoms with E-state index in [2.05, 4.69) is 0 Å². The van der Waals surface area contributed by atoms with Crippen LogP contribution in [0.4, 0.5) is 0 Å². The molecule has 20 heavy (non-hydrogen) atoms. The summed E-state index contributed by atoms with van der Waals surface area (Å²) < 4.78 is 15.4. The van der Waals surface area contributed by atoms with Gasteiger partial charge in [0.1, 0.15) is 11.2 Å². The van der Waals surface area contributed by atoms with Crippen LogP contribution in [0.3, 0.4) is 0 Å². The van der Waals surface area contributed by atoms with Crippen molar-refractivity contribution in [1.82, 2.24) is 0 Å². The zero-order valence-corrected chi connectivity index (χ0v) is 12.6. The van der Waals surface area contributed by atoms with Crippen molar-refractivity contribution in [2.75, 3.05) is 33.5 Å². The lowest BCUT2D eigenvalue weighted by Gasteiger charge is -2.33. The molecule has 0 aromatic rings. The molecule has 0 bridgehead atoms. The van der Waals surface area contributed by atoms with Crippen LogP contribution in [0.5, 0.6) is 0 Å². The first-order valence-corrected chi connectivity index (χ1v) is 7.44. The Labute approximate surface area is 121 Å². The smallest absolute Gasteiger partial charge is 0.319 e. The van der Waals surface area contributed by atoms with Gasteiger partial charge in [-0.3, -0.25) is 9.59 Å². The molecule has 0 saturated heterocycles. The van der Waals surface area contributed by atoms with Crippen LogP contribution in [-0.2, 0) is 23.8 Å². The van der Waals surface area contributed by atoms with E-state index in [4.69, 9.17) is 14.2 Å². The van der Waals surface area contributed by atoms with Crippen LogP contribution in [0.1, 0.15) is 45.4 Å². The van der Waals surface area contributed by atoms with Gasteiger partial charge in [-0.1, -0.05) is 6.42 Å². The molecule has 1 atom stereocenters. The van der Waals surface area contributed by atoms with Crippen LogP contribution in [0.25, 0.3) is 0 Å². The lowest BCUT2D eigenvalue weighted by molar-refractivity contribution is -0.163. The Hall–Kier alpha value is -0.940. The fourth-order valence-electron chi connectivity index (χ4n) is 2.66. The first-order chi connectivity index (χ1) is 9.67. The SMILES string of the molecule is CCOC(=O)C1(CCCOCCOC)CCCCC1=O. The van der Waals surface area contributed by atoms with Gasteiger partial charge in [-0.15, -0.1) is 0 Å². The number of hydrogen-bond donors (Lipinski definition) is 0. The molecule has 116 valence electrons. The minimum Gasteiger partial charge on any atom is -0.465 e. The van der Waals surface area contributed by atoms with Gasteiger partial charge in [0.15, 0.2) is 0 Å². The van der Waals surface area contributed by atoms with Crippen LogP contribution in [0.2, 0.25) is 0 Å². The lowest BCUT2D eigenvalue weighted by Crippen LogP contribution is -2.43. The molecule has 0 amide bonds. The molecule has 0 aromatic carbocycles. The zero-order valence-electron chi connectivity index (χ0n) is 12.6. The van der Waals surface area contributed by atoms with Crippen molar-refractivity contribution in [2.24, 2.45) is 5.41 Å². The zero-order chi connectivity index (χ0) is 14.8. The highest BCUT2D eigenvalue weighted by atomic mass is 16.5. The van der Waals surface area contributed by atoms with Gasteiger partial charge in [0.05, 0.1) is 19.8 Å². The van der Waals surface area contributed by atoms with Gasteiger partial charge in [0.25, 0.3) is 0 Å². The molecule has 1 aliphatic rings. The fraction of sp³-hybridized carbons (Fsp3) is 0.867. The van der Waals surface area contributed by atoms with Crippen LogP contribution in [0.15, 0.2) is 0 Å². The molecule has 1 saturated carbocycles. The van der Waals surface area contributed by atoms with Gasteiger partial charge in [-0.05, 0) is 32.6 Å². The third kappa shape index (κ3) is 4.56. The van der Waals surface area contributed by atoms with Gasteiger partial charge in [-0.25, -0.2) is 0 Å². The molecule has 0 radical (unpaired) electrons. The van der Waals surface area contributed by atoms with Crippen molar-refractivity contribution in [2.45, 2.75) is 45.4 Å². The monoisotopic (exact) mass is 286 g/mol. The molecule has 0 aromatic heterocycles. The van der Waals surface area contributed by atoms with Crippen molar-refractivity contribution < 1.29 is 23.8 Å². The molecular formula is C15H26O5. The number of ketones is 1. The normalized spacial score (nSPS) is 22.8. The van der Waals surface area contributed by atoms with Crippen molar-refractivity contribution in [3.05, 3.63) is 0 Å². The number of ether oxygens (including phenoxy) is 3. The molecule has 1 rings (SSSR count). The van der Waals surface area contributed by atoms with Crippen molar-refractivity contribution in [3.8, 4) is 0 Å². The Morgan fingerprint density at radius 3 is 2.70 bits per heavy atom. The third-order valence-corrected chi connectivity index (χ3v) is 3.78. The van der Waals surface area contributed by atoms with Crippen molar-refractivity contribution >= 4 is 11.8 Å². The molecular weight excluding hydrogens is 260 g/mol. The van der Waals surface area contributed by atoms with Crippen LogP contribution >= 0.6 is 0 Å². The topological polar surface area (TPSA) is 61.8 Å². The average molecular weight is 286 g/mol. The van der Waals surface area contributed by atoms with Crippen molar-refractivity contribution in [1.29, 1.82) is 0 Å². The highest BCUT2D eigenvalue weighted by Crippen LogP contribution is 2.38. The van der Waals surface area contributed by atoms with Gasteiger partial charge in [0.2, 0.25) is 0 Å². The molecule has 5 heteroatoms. The summed E-state index contributed by atoms with van der Waals surface area (Å²) in [5.41, 5.74) is -0.918.